The topological polar surface area (TPSA) is 29.3 Å². The van der Waals surface area contributed by atoms with Crippen LogP contribution < -0.4 is 5.73 Å². The normalized spacial score (nSPS) is 31.9. The summed E-state index contributed by atoms with van der Waals surface area (Å²) in [5.74, 6) is 0.699. The minimum Gasteiger partial charge on any atom is -0.326 e. The van der Waals surface area contributed by atoms with Gasteiger partial charge in [0.25, 0.3) is 0 Å². The van der Waals surface area contributed by atoms with Crippen LogP contribution in [0.3, 0.4) is 0 Å². The first-order valence-electron chi connectivity index (χ1n) is 8.28. The van der Waals surface area contributed by atoms with Crippen molar-refractivity contribution in [2.24, 2.45) is 5.73 Å². The van der Waals surface area contributed by atoms with Crippen LogP contribution in [-0.4, -0.2) is 30.1 Å². The van der Waals surface area contributed by atoms with E-state index in [4.69, 9.17) is 5.73 Å². The molecule has 2 fully saturated rings. The van der Waals surface area contributed by atoms with Crippen molar-refractivity contribution in [2.75, 3.05) is 7.05 Å². The van der Waals surface area contributed by atoms with Gasteiger partial charge in [0.05, 0.1) is 0 Å². The lowest BCUT2D eigenvalue weighted by Crippen LogP contribution is -2.52. The summed E-state index contributed by atoms with van der Waals surface area (Å²) < 4.78 is 0. The molecule has 1 aromatic carbocycles. The van der Waals surface area contributed by atoms with Crippen LogP contribution >= 0.6 is 0 Å². The Morgan fingerprint density at radius 1 is 1.00 bits per heavy atom. The summed E-state index contributed by atoms with van der Waals surface area (Å²) >= 11 is 0. The zero-order chi connectivity index (χ0) is 13.9. The molecule has 2 nitrogen and oxygen atoms in total. The molecule has 3 atom stereocenters. The van der Waals surface area contributed by atoms with Crippen molar-refractivity contribution in [3.63, 3.8) is 0 Å². The first-order valence-corrected chi connectivity index (χ1v) is 8.28. The van der Waals surface area contributed by atoms with Gasteiger partial charge in [-0.3, -0.25) is 4.90 Å². The highest BCUT2D eigenvalue weighted by molar-refractivity contribution is 5.21. The maximum Gasteiger partial charge on any atom is 0.0252 e. The van der Waals surface area contributed by atoms with Gasteiger partial charge < -0.3 is 5.73 Å². The lowest BCUT2D eigenvalue weighted by atomic mass is 9.78. The summed E-state index contributed by atoms with van der Waals surface area (Å²) in [7, 11) is 2.31. The molecule has 0 bridgehead atoms. The van der Waals surface area contributed by atoms with Gasteiger partial charge in [0.15, 0.2) is 0 Å². The van der Waals surface area contributed by atoms with Crippen LogP contribution in [0.4, 0.5) is 0 Å². The van der Waals surface area contributed by atoms with E-state index in [1.807, 2.05) is 0 Å². The number of hydrogen-bond acceptors (Lipinski definition) is 2. The fraction of sp³-hybridized carbons (Fsp3) is 0.667. The smallest absolute Gasteiger partial charge is 0.0252 e. The Balaban J connectivity index is 1.70. The van der Waals surface area contributed by atoms with E-state index in [9.17, 15) is 0 Å². The van der Waals surface area contributed by atoms with Crippen molar-refractivity contribution in [3.8, 4) is 0 Å². The first kappa shape index (κ1) is 14.1. The Morgan fingerprint density at radius 2 is 1.70 bits per heavy atom. The van der Waals surface area contributed by atoms with E-state index < -0.39 is 0 Å². The van der Waals surface area contributed by atoms with E-state index in [0.29, 0.717) is 18.0 Å². The molecular weight excluding hydrogens is 244 g/mol. The Hall–Kier alpha value is -0.860. The fourth-order valence-electron chi connectivity index (χ4n) is 4.25. The maximum atomic E-state index is 6.45. The molecule has 2 aliphatic rings. The molecule has 1 aromatic rings. The Morgan fingerprint density at radius 3 is 2.40 bits per heavy atom. The van der Waals surface area contributed by atoms with E-state index in [0.717, 1.165) is 6.04 Å². The second kappa shape index (κ2) is 6.28. The van der Waals surface area contributed by atoms with Gasteiger partial charge in [-0.2, -0.15) is 0 Å². The van der Waals surface area contributed by atoms with Crippen LogP contribution in [0.1, 0.15) is 56.4 Å². The molecule has 2 heteroatoms. The van der Waals surface area contributed by atoms with Gasteiger partial charge >= 0.3 is 0 Å². The highest BCUT2D eigenvalue weighted by atomic mass is 15.2. The average molecular weight is 272 g/mol. The molecule has 0 amide bonds. The quantitative estimate of drug-likeness (QED) is 0.912. The Labute approximate surface area is 123 Å². The maximum absolute atomic E-state index is 6.45. The van der Waals surface area contributed by atoms with Crippen LogP contribution in [0.5, 0.6) is 0 Å². The third-order valence-electron chi connectivity index (χ3n) is 5.56. The molecule has 20 heavy (non-hydrogen) atoms. The van der Waals surface area contributed by atoms with Crippen LogP contribution in [0.2, 0.25) is 0 Å². The number of hydrogen-bond donors (Lipinski definition) is 1. The summed E-state index contributed by atoms with van der Waals surface area (Å²) in [5.41, 5.74) is 7.95. The van der Waals surface area contributed by atoms with Gasteiger partial charge in [-0.1, -0.05) is 43.2 Å². The minimum atomic E-state index is 0.362. The highest BCUT2D eigenvalue weighted by Gasteiger charge is 2.34. The van der Waals surface area contributed by atoms with E-state index in [2.05, 4.69) is 42.3 Å². The van der Waals surface area contributed by atoms with Gasteiger partial charge in [0, 0.05) is 18.1 Å². The van der Waals surface area contributed by atoms with Gasteiger partial charge in [0.2, 0.25) is 0 Å². The third-order valence-corrected chi connectivity index (χ3v) is 5.56. The van der Waals surface area contributed by atoms with Gasteiger partial charge in [-0.05, 0) is 50.6 Å². The Kier molecular flexibility index (Phi) is 4.42. The minimum absolute atomic E-state index is 0.362. The van der Waals surface area contributed by atoms with Crippen LogP contribution in [0.15, 0.2) is 30.3 Å². The largest absolute Gasteiger partial charge is 0.326 e. The van der Waals surface area contributed by atoms with Crippen molar-refractivity contribution in [2.45, 2.75) is 69.0 Å². The predicted molar refractivity (Wildman–Crippen MR) is 84.8 cm³/mol. The van der Waals surface area contributed by atoms with Gasteiger partial charge in [0.1, 0.15) is 0 Å². The van der Waals surface area contributed by atoms with Crippen LogP contribution in [0.25, 0.3) is 0 Å². The van der Waals surface area contributed by atoms with Crippen molar-refractivity contribution in [1.82, 2.24) is 4.90 Å². The van der Waals surface area contributed by atoms with Crippen LogP contribution in [-0.2, 0) is 0 Å². The lowest BCUT2D eigenvalue weighted by molar-refractivity contribution is 0.114. The molecule has 2 N–H and O–H groups in total. The summed E-state index contributed by atoms with van der Waals surface area (Å²) in [4.78, 5) is 2.62. The molecule has 2 saturated carbocycles. The molecule has 0 spiro atoms. The molecule has 3 unspecified atom stereocenters. The number of likely N-dealkylation sites (N-methyl/N-ethyl adjacent to an activating group) is 1. The van der Waals surface area contributed by atoms with Crippen molar-refractivity contribution < 1.29 is 0 Å². The van der Waals surface area contributed by atoms with E-state index in [1.54, 1.807) is 0 Å². The van der Waals surface area contributed by atoms with Crippen molar-refractivity contribution in [3.05, 3.63) is 35.9 Å². The molecular formula is C18H28N2. The molecule has 2 aliphatic carbocycles. The Bertz CT molecular complexity index is 411. The second-order valence-electron chi connectivity index (χ2n) is 6.76. The average Bonchev–Trinajstić information content (AvgIpc) is 3.02. The lowest BCUT2D eigenvalue weighted by Gasteiger charge is -2.42. The number of benzene rings is 1. The molecule has 0 aromatic heterocycles. The zero-order valence-electron chi connectivity index (χ0n) is 12.7. The van der Waals surface area contributed by atoms with E-state index >= 15 is 0 Å². The molecule has 0 aliphatic heterocycles. The zero-order valence-corrected chi connectivity index (χ0v) is 12.7. The fourth-order valence-corrected chi connectivity index (χ4v) is 4.25. The van der Waals surface area contributed by atoms with Crippen LogP contribution in [0, 0.1) is 0 Å². The van der Waals surface area contributed by atoms with E-state index in [1.165, 1.54) is 50.5 Å². The van der Waals surface area contributed by atoms with E-state index in [-0.39, 0.29) is 0 Å². The monoisotopic (exact) mass is 272 g/mol. The molecule has 0 radical (unpaired) electrons. The summed E-state index contributed by atoms with van der Waals surface area (Å²) in [6.07, 6.45) is 9.20. The third kappa shape index (κ3) is 2.91. The number of rotatable bonds is 3. The number of nitrogens with zero attached hydrogens (tertiary/aromatic N) is 1. The second-order valence-corrected chi connectivity index (χ2v) is 6.76. The number of nitrogens with two attached hydrogens (primary N) is 1. The van der Waals surface area contributed by atoms with Crippen molar-refractivity contribution >= 4 is 0 Å². The molecule has 3 rings (SSSR count). The molecule has 0 heterocycles. The summed E-state index contributed by atoms with van der Waals surface area (Å²) in [5, 5.41) is 0. The van der Waals surface area contributed by atoms with Gasteiger partial charge in [-0.15, -0.1) is 0 Å². The van der Waals surface area contributed by atoms with Crippen molar-refractivity contribution in [1.29, 1.82) is 0 Å². The highest BCUT2D eigenvalue weighted by Crippen LogP contribution is 2.36. The molecule has 110 valence electrons. The molecule has 0 saturated heterocycles. The first-order chi connectivity index (χ1) is 9.75. The van der Waals surface area contributed by atoms with Gasteiger partial charge in [-0.25, -0.2) is 0 Å². The predicted octanol–water partition coefficient (Wildman–Crippen LogP) is 3.52. The SMILES string of the molecule is CN(C1CCCC1)C1CC(c2ccccc2)CCC1N. The summed E-state index contributed by atoms with van der Waals surface area (Å²) in [6.45, 7) is 0. The standard InChI is InChI=1S/C18H28N2/c1-20(16-9-5-6-10-16)18-13-15(11-12-17(18)19)14-7-3-2-4-8-14/h2-4,7-8,15-18H,5-6,9-13,19H2,1H3. The summed E-state index contributed by atoms with van der Waals surface area (Å²) in [6, 6.07) is 12.7.